The minimum absolute atomic E-state index is 0.0426. The Morgan fingerprint density at radius 1 is 1.07 bits per heavy atom. The van der Waals surface area contributed by atoms with Crippen LogP contribution in [0.2, 0.25) is 0 Å². The van der Waals surface area contributed by atoms with Crippen LogP contribution in [0.3, 0.4) is 0 Å². The molecular formula is C21H25NO7. The third-order valence-electron chi connectivity index (χ3n) is 7.45. The third-order valence-corrected chi connectivity index (χ3v) is 7.45. The maximum Gasteiger partial charge on any atom is 0.313 e. The molecule has 0 bridgehead atoms. The van der Waals surface area contributed by atoms with Gasteiger partial charge < -0.3 is 14.2 Å². The van der Waals surface area contributed by atoms with E-state index in [2.05, 4.69) is 0 Å². The first-order valence-corrected chi connectivity index (χ1v) is 9.89. The summed E-state index contributed by atoms with van der Waals surface area (Å²) in [6, 6.07) is 1.69. The van der Waals surface area contributed by atoms with Gasteiger partial charge in [0.15, 0.2) is 6.10 Å². The molecule has 1 saturated heterocycles. The van der Waals surface area contributed by atoms with Gasteiger partial charge in [-0.3, -0.25) is 23.7 Å². The van der Waals surface area contributed by atoms with E-state index in [9.17, 15) is 19.2 Å². The van der Waals surface area contributed by atoms with Crippen LogP contribution in [0.1, 0.15) is 62.7 Å². The summed E-state index contributed by atoms with van der Waals surface area (Å²) in [7, 11) is 0. The number of nitrogens with zero attached hydrogens (tertiary/aromatic N) is 1. The summed E-state index contributed by atoms with van der Waals surface area (Å²) < 4.78 is 18.1. The normalized spacial score (nSPS) is 37.4. The molecule has 3 aliphatic heterocycles. The fourth-order valence-corrected chi connectivity index (χ4v) is 4.88. The Bertz CT molecular complexity index is 918. The van der Waals surface area contributed by atoms with Gasteiger partial charge in [0.25, 0.3) is 0 Å². The largest absolute Gasteiger partial charge is 0.465 e. The summed E-state index contributed by atoms with van der Waals surface area (Å²) in [6.45, 7) is 6.85. The lowest BCUT2D eigenvalue weighted by molar-refractivity contribution is -0.201. The molecule has 0 aromatic carbocycles. The first-order valence-electron chi connectivity index (χ1n) is 9.89. The minimum Gasteiger partial charge on any atom is -0.465 e. The number of ether oxygens (including phenoxy) is 3. The highest BCUT2D eigenvalue weighted by Gasteiger charge is 2.63. The van der Waals surface area contributed by atoms with Gasteiger partial charge in [-0.25, -0.2) is 0 Å². The number of hydrogen-bond acceptors (Lipinski definition) is 7. The summed E-state index contributed by atoms with van der Waals surface area (Å²) >= 11 is 0. The number of hydrogen-bond donors (Lipinski definition) is 0. The van der Waals surface area contributed by atoms with Crippen LogP contribution in [0.4, 0.5) is 0 Å². The van der Waals surface area contributed by atoms with Crippen LogP contribution in [-0.4, -0.2) is 35.0 Å². The van der Waals surface area contributed by atoms with Gasteiger partial charge in [-0.1, -0.05) is 13.8 Å². The van der Waals surface area contributed by atoms with Gasteiger partial charge in [-0.05, 0) is 32.3 Å². The molecule has 4 rings (SSSR count). The molecule has 1 fully saturated rings. The molecule has 1 aromatic heterocycles. The Kier molecular flexibility index (Phi) is 4.36. The molecule has 0 amide bonds. The SMILES string of the molecule is C[C@@H]1C(=O)O[C@@H]2CC(=O)n3ccc(c32)COC(=O)[C@]2(C)CCOC(=O)[C@]2(C)[C@@H]1C. The molecule has 3 aliphatic rings. The quantitative estimate of drug-likeness (QED) is 0.484. The van der Waals surface area contributed by atoms with Crippen LogP contribution in [0.25, 0.3) is 0 Å². The second-order valence-electron chi connectivity index (χ2n) is 8.69. The van der Waals surface area contributed by atoms with E-state index >= 15 is 0 Å². The average Bonchev–Trinajstić information content (AvgIpc) is 3.23. The van der Waals surface area contributed by atoms with Crippen LogP contribution >= 0.6 is 0 Å². The average molecular weight is 403 g/mol. The molecule has 0 saturated carbocycles. The predicted octanol–water partition coefficient (Wildman–Crippen LogP) is 2.40. The molecular weight excluding hydrogens is 378 g/mol. The van der Waals surface area contributed by atoms with Crippen molar-refractivity contribution >= 4 is 23.8 Å². The van der Waals surface area contributed by atoms with Crippen molar-refractivity contribution in [1.29, 1.82) is 0 Å². The Morgan fingerprint density at radius 2 is 1.79 bits per heavy atom. The zero-order valence-electron chi connectivity index (χ0n) is 17.0. The van der Waals surface area contributed by atoms with Crippen molar-refractivity contribution < 1.29 is 33.4 Å². The van der Waals surface area contributed by atoms with Gasteiger partial charge in [0.2, 0.25) is 5.91 Å². The van der Waals surface area contributed by atoms with Crippen LogP contribution < -0.4 is 0 Å². The lowest BCUT2D eigenvalue weighted by Gasteiger charge is -2.50. The molecule has 8 nitrogen and oxygen atoms in total. The standard InChI is InChI=1S/C21H25NO7/c1-11-12(2)21(4)19(26)27-8-6-20(21,3)18(25)28-10-13-5-7-22-15(23)9-14(16(13)22)29-17(11)24/h5,7,11-12,14H,6,8-10H2,1-4H3/t11-,12+,14+,20-,21-/m0/s1. The molecule has 0 unspecified atom stereocenters. The Labute approximate surface area is 168 Å². The molecule has 5 atom stereocenters. The highest BCUT2D eigenvalue weighted by atomic mass is 16.6. The van der Waals surface area contributed by atoms with E-state index in [1.54, 1.807) is 40.0 Å². The molecule has 0 radical (unpaired) electrons. The van der Waals surface area contributed by atoms with Gasteiger partial charge in [0.1, 0.15) is 6.61 Å². The summed E-state index contributed by atoms with van der Waals surface area (Å²) in [6.07, 6.45) is 1.21. The topological polar surface area (TPSA) is 101 Å². The number of rotatable bonds is 0. The second-order valence-corrected chi connectivity index (χ2v) is 8.69. The van der Waals surface area contributed by atoms with E-state index in [4.69, 9.17) is 14.2 Å². The van der Waals surface area contributed by atoms with Crippen LogP contribution in [0.5, 0.6) is 0 Å². The Balaban J connectivity index is 1.82. The number of esters is 3. The van der Waals surface area contributed by atoms with Gasteiger partial charge in [0.05, 0.1) is 35.5 Å². The lowest BCUT2D eigenvalue weighted by atomic mass is 9.54. The van der Waals surface area contributed by atoms with Crippen LogP contribution in [0, 0.1) is 22.7 Å². The van der Waals surface area contributed by atoms with Gasteiger partial charge >= 0.3 is 17.9 Å². The number of cyclic esters (lactones) is 2. The van der Waals surface area contributed by atoms with Crippen LogP contribution in [0.15, 0.2) is 12.3 Å². The first-order chi connectivity index (χ1) is 13.6. The van der Waals surface area contributed by atoms with Crippen molar-refractivity contribution in [3.05, 3.63) is 23.5 Å². The van der Waals surface area contributed by atoms with Crippen molar-refractivity contribution in [2.45, 2.75) is 53.2 Å². The van der Waals surface area contributed by atoms with Crippen molar-refractivity contribution in [2.75, 3.05) is 6.61 Å². The van der Waals surface area contributed by atoms with E-state index < -0.39 is 46.7 Å². The van der Waals surface area contributed by atoms with Gasteiger partial charge in [0, 0.05) is 11.8 Å². The van der Waals surface area contributed by atoms with Crippen molar-refractivity contribution in [1.82, 2.24) is 4.57 Å². The van der Waals surface area contributed by atoms with E-state index in [1.165, 1.54) is 4.57 Å². The maximum absolute atomic E-state index is 13.2. The van der Waals surface area contributed by atoms with E-state index in [0.717, 1.165) is 0 Å². The molecule has 29 heavy (non-hydrogen) atoms. The smallest absolute Gasteiger partial charge is 0.313 e. The lowest BCUT2D eigenvalue weighted by Crippen LogP contribution is -2.59. The zero-order chi connectivity index (χ0) is 21.1. The number of carbonyl (C=O) groups is 4. The number of fused-ring (bicyclic) bond motifs is 1. The molecule has 0 N–H and O–H groups in total. The second kappa shape index (κ2) is 6.43. The highest BCUT2D eigenvalue weighted by molar-refractivity contribution is 5.90. The van der Waals surface area contributed by atoms with E-state index in [-0.39, 0.29) is 25.5 Å². The molecule has 4 heterocycles. The highest BCUT2D eigenvalue weighted by Crippen LogP contribution is 2.54. The Morgan fingerprint density at radius 3 is 2.52 bits per heavy atom. The predicted molar refractivity (Wildman–Crippen MR) is 98.4 cm³/mol. The fraction of sp³-hybridized carbons (Fsp3) is 0.619. The zero-order valence-corrected chi connectivity index (χ0v) is 17.0. The maximum atomic E-state index is 13.2. The van der Waals surface area contributed by atoms with Crippen molar-refractivity contribution in [3.8, 4) is 0 Å². The molecule has 8 heteroatoms. The first kappa shape index (κ1) is 19.7. The van der Waals surface area contributed by atoms with E-state index in [0.29, 0.717) is 17.7 Å². The number of carbonyl (C=O) groups excluding carboxylic acids is 4. The fourth-order valence-electron chi connectivity index (χ4n) is 4.88. The van der Waals surface area contributed by atoms with Crippen LogP contribution in [-0.2, 0) is 35.2 Å². The van der Waals surface area contributed by atoms with Gasteiger partial charge in [-0.2, -0.15) is 0 Å². The molecule has 156 valence electrons. The molecule has 0 spiro atoms. The van der Waals surface area contributed by atoms with Gasteiger partial charge in [-0.15, -0.1) is 0 Å². The molecule has 1 aromatic rings. The summed E-state index contributed by atoms with van der Waals surface area (Å²) in [4.78, 5) is 51.4. The molecule has 0 aliphatic carbocycles. The monoisotopic (exact) mass is 403 g/mol. The Hall–Kier alpha value is -2.64. The van der Waals surface area contributed by atoms with E-state index in [1.807, 2.05) is 0 Å². The minimum atomic E-state index is -1.26. The summed E-state index contributed by atoms with van der Waals surface area (Å²) in [5.74, 6) is -2.96. The summed E-state index contributed by atoms with van der Waals surface area (Å²) in [5, 5.41) is 0. The number of aromatic nitrogens is 1. The van der Waals surface area contributed by atoms with Crippen molar-refractivity contribution in [2.24, 2.45) is 22.7 Å². The summed E-state index contributed by atoms with van der Waals surface area (Å²) in [5.41, 5.74) is -1.26. The van der Waals surface area contributed by atoms with Crippen molar-refractivity contribution in [3.63, 3.8) is 0 Å². The third kappa shape index (κ3) is 2.57.